The number of nitro benzene ring substituents is 1. The largest absolute Gasteiger partial charge is 0.324 e. The normalized spacial score (nSPS) is 12.3. The first kappa shape index (κ1) is 20.4. The molecule has 0 spiro atoms. The lowest BCUT2D eigenvalue weighted by Gasteiger charge is -2.29. The van der Waals surface area contributed by atoms with E-state index in [-0.39, 0.29) is 11.4 Å². The van der Waals surface area contributed by atoms with E-state index in [0.717, 1.165) is 16.1 Å². The Balaban J connectivity index is 2.37. The molecular weight excluding hydrogens is 370 g/mol. The molecule has 0 radical (unpaired) electrons. The topological polar surface area (TPSA) is 110 Å². The van der Waals surface area contributed by atoms with E-state index in [1.807, 2.05) is 13.0 Å². The highest BCUT2D eigenvalue weighted by Crippen LogP contribution is 2.27. The predicted molar refractivity (Wildman–Crippen MR) is 104 cm³/mol. The molecule has 1 amide bonds. The Morgan fingerprint density at radius 2 is 1.85 bits per heavy atom. The van der Waals surface area contributed by atoms with Crippen molar-refractivity contribution in [1.29, 1.82) is 0 Å². The van der Waals surface area contributed by atoms with Crippen LogP contribution in [0.4, 0.5) is 17.1 Å². The van der Waals surface area contributed by atoms with E-state index in [2.05, 4.69) is 5.32 Å². The van der Waals surface area contributed by atoms with Crippen LogP contribution in [0.5, 0.6) is 0 Å². The fraction of sp³-hybridized carbons (Fsp3) is 0.278. The highest BCUT2D eigenvalue weighted by molar-refractivity contribution is 7.92. The first-order chi connectivity index (χ1) is 12.5. The van der Waals surface area contributed by atoms with E-state index in [4.69, 9.17) is 0 Å². The maximum absolute atomic E-state index is 12.7. The van der Waals surface area contributed by atoms with Crippen LogP contribution in [-0.4, -0.2) is 31.5 Å². The molecule has 9 heteroatoms. The number of nitrogens with one attached hydrogen (secondary N) is 1. The number of aryl methyl sites for hydroxylation is 2. The second-order valence-corrected chi connectivity index (χ2v) is 8.18. The molecule has 1 atom stereocenters. The summed E-state index contributed by atoms with van der Waals surface area (Å²) in [5.74, 6) is -0.596. The minimum absolute atomic E-state index is 0.171. The van der Waals surface area contributed by atoms with Crippen LogP contribution >= 0.6 is 0 Å². The van der Waals surface area contributed by atoms with Crippen LogP contribution in [-0.2, 0) is 14.8 Å². The number of hydrogen-bond acceptors (Lipinski definition) is 5. The first-order valence-corrected chi connectivity index (χ1v) is 9.97. The lowest BCUT2D eigenvalue weighted by molar-refractivity contribution is -0.384. The average molecular weight is 391 g/mol. The lowest BCUT2D eigenvalue weighted by atomic mass is 10.1. The van der Waals surface area contributed by atoms with Gasteiger partial charge in [-0.3, -0.25) is 19.2 Å². The zero-order chi connectivity index (χ0) is 20.4. The summed E-state index contributed by atoms with van der Waals surface area (Å²) in [4.78, 5) is 23.0. The molecule has 0 aliphatic rings. The molecule has 0 aliphatic heterocycles. The quantitative estimate of drug-likeness (QED) is 0.601. The molecule has 8 nitrogen and oxygen atoms in total. The van der Waals surface area contributed by atoms with Gasteiger partial charge in [0.25, 0.3) is 5.69 Å². The van der Waals surface area contributed by atoms with Gasteiger partial charge in [-0.1, -0.05) is 18.2 Å². The Morgan fingerprint density at radius 3 is 2.44 bits per heavy atom. The number of carbonyl (C=O) groups excluding carboxylic acids is 1. The van der Waals surface area contributed by atoms with E-state index >= 15 is 0 Å². The Bertz CT molecular complexity index is 988. The van der Waals surface area contributed by atoms with Crippen LogP contribution in [0.25, 0.3) is 0 Å². The summed E-state index contributed by atoms with van der Waals surface area (Å²) >= 11 is 0. The molecule has 0 fully saturated rings. The van der Waals surface area contributed by atoms with Gasteiger partial charge in [-0.2, -0.15) is 0 Å². The summed E-state index contributed by atoms with van der Waals surface area (Å²) in [6, 6.07) is 9.75. The summed E-state index contributed by atoms with van der Waals surface area (Å²) < 4.78 is 25.8. The van der Waals surface area contributed by atoms with E-state index in [1.165, 1.54) is 31.2 Å². The maximum atomic E-state index is 12.7. The van der Waals surface area contributed by atoms with Crippen LogP contribution in [0, 0.1) is 24.0 Å². The number of anilines is 2. The number of benzene rings is 2. The average Bonchev–Trinajstić information content (AvgIpc) is 2.57. The molecule has 0 unspecified atom stereocenters. The van der Waals surface area contributed by atoms with Crippen molar-refractivity contribution in [3.63, 3.8) is 0 Å². The summed E-state index contributed by atoms with van der Waals surface area (Å²) in [5, 5.41) is 13.4. The Labute approximate surface area is 158 Å². The number of nitrogens with zero attached hydrogens (tertiary/aromatic N) is 2. The summed E-state index contributed by atoms with van der Waals surface area (Å²) in [6.45, 7) is 5.06. The Kier molecular flexibility index (Phi) is 5.85. The van der Waals surface area contributed by atoms with Gasteiger partial charge in [-0.15, -0.1) is 0 Å². The molecule has 0 saturated heterocycles. The minimum atomic E-state index is -3.75. The Morgan fingerprint density at radius 1 is 1.19 bits per heavy atom. The fourth-order valence-corrected chi connectivity index (χ4v) is 3.91. The minimum Gasteiger partial charge on any atom is -0.324 e. The number of rotatable bonds is 6. The van der Waals surface area contributed by atoms with Crippen molar-refractivity contribution >= 4 is 33.0 Å². The zero-order valence-electron chi connectivity index (χ0n) is 15.5. The van der Waals surface area contributed by atoms with E-state index in [1.54, 1.807) is 19.1 Å². The number of non-ortho nitro benzene ring substituents is 1. The predicted octanol–water partition coefficient (Wildman–Crippen LogP) is 3.00. The molecule has 0 heterocycles. The monoisotopic (exact) mass is 391 g/mol. The molecule has 27 heavy (non-hydrogen) atoms. The maximum Gasteiger partial charge on any atom is 0.271 e. The smallest absolute Gasteiger partial charge is 0.271 e. The van der Waals surface area contributed by atoms with Crippen molar-refractivity contribution in [3.05, 3.63) is 63.7 Å². The van der Waals surface area contributed by atoms with Crippen LogP contribution < -0.4 is 9.62 Å². The van der Waals surface area contributed by atoms with E-state index in [0.29, 0.717) is 11.3 Å². The van der Waals surface area contributed by atoms with Crippen molar-refractivity contribution in [2.45, 2.75) is 26.8 Å². The highest BCUT2D eigenvalue weighted by atomic mass is 32.2. The molecule has 0 bridgehead atoms. The van der Waals surface area contributed by atoms with E-state index in [9.17, 15) is 23.3 Å². The van der Waals surface area contributed by atoms with Gasteiger partial charge in [-0.05, 0) is 44.0 Å². The molecule has 144 valence electrons. The number of sulfonamides is 1. The van der Waals surface area contributed by atoms with Gasteiger partial charge < -0.3 is 5.32 Å². The molecule has 2 rings (SSSR count). The number of nitro groups is 1. The number of carbonyl (C=O) groups is 1. The Hall–Kier alpha value is -2.94. The van der Waals surface area contributed by atoms with Gasteiger partial charge in [0.15, 0.2) is 0 Å². The summed E-state index contributed by atoms with van der Waals surface area (Å²) in [7, 11) is -3.75. The first-order valence-electron chi connectivity index (χ1n) is 8.12. The van der Waals surface area contributed by atoms with Gasteiger partial charge in [0.2, 0.25) is 15.9 Å². The second-order valence-electron chi connectivity index (χ2n) is 6.32. The van der Waals surface area contributed by atoms with Gasteiger partial charge in [0.05, 0.1) is 16.9 Å². The molecule has 1 N–H and O–H groups in total. The number of amides is 1. The van der Waals surface area contributed by atoms with Crippen molar-refractivity contribution in [1.82, 2.24) is 0 Å². The van der Waals surface area contributed by atoms with Crippen molar-refractivity contribution in [3.8, 4) is 0 Å². The van der Waals surface area contributed by atoms with Gasteiger partial charge >= 0.3 is 0 Å². The van der Waals surface area contributed by atoms with Gasteiger partial charge in [0, 0.05) is 17.8 Å². The molecule has 0 saturated carbocycles. The molecule has 2 aromatic carbocycles. The fourth-order valence-electron chi connectivity index (χ4n) is 2.68. The third-order valence-electron chi connectivity index (χ3n) is 4.02. The summed E-state index contributed by atoms with van der Waals surface area (Å²) in [5.41, 5.74) is 2.03. The molecule has 2 aromatic rings. The van der Waals surface area contributed by atoms with Crippen LogP contribution in [0.3, 0.4) is 0 Å². The molecule has 0 aromatic heterocycles. The van der Waals surface area contributed by atoms with E-state index < -0.39 is 26.9 Å². The van der Waals surface area contributed by atoms with Crippen molar-refractivity contribution < 1.29 is 18.1 Å². The van der Waals surface area contributed by atoms with Gasteiger partial charge in [-0.25, -0.2) is 8.42 Å². The SMILES string of the molecule is Cc1ccc(C)c(N([C@@H](C)C(=O)Nc2cccc([N+](=O)[O-])c2)S(C)(=O)=O)c1. The van der Waals surface area contributed by atoms with Crippen LogP contribution in [0.15, 0.2) is 42.5 Å². The standard InChI is InChI=1S/C18H21N3O5S/c1-12-8-9-13(2)17(10-12)20(27(4,25)26)14(3)18(22)19-15-6-5-7-16(11-15)21(23)24/h5-11,14H,1-4H3,(H,19,22)/t14-/m0/s1. The second kappa shape index (κ2) is 7.75. The zero-order valence-corrected chi connectivity index (χ0v) is 16.3. The molecule has 0 aliphatic carbocycles. The van der Waals surface area contributed by atoms with Crippen molar-refractivity contribution in [2.24, 2.45) is 0 Å². The van der Waals surface area contributed by atoms with Crippen LogP contribution in [0.1, 0.15) is 18.1 Å². The molecular formula is C18H21N3O5S. The van der Waals surface area contributed by atoms with Gasteiger partial charge in [0.1, 0.15) is 6.04 Å². The van der Waals surface area contributed by atoms with Crippen LogP contribution in [0.2, 0.25) is 0 Å². The van der Waals surface area contributed by atoms with Crippen molar-refractivity contribution in [2.75, 3.05) is 15.9 Å². The third-order valence-corrected chi connectivity index (χ3v) is 5.24. The number of hydrogen-bond donors (Lipinski definition) is 1. The highest BCUT2D eigenvalue weighted by Gasteiger charge is 2.30. The lowest BCUT2D eigenvalue weighted by Crippen LogP contribution is -2.45. The third kappa shape index (κ3) is 4.82. The summed E-state index contributed by atoms with van der Waals surface area (Å²) in [6.07, 6.45) is 1.03.